The number of carbonyl (C=O) groups excluding carboxylic acids is 1. The number of carbonyl (C=O) groups is 1. The molecule has 24 heavy (non-hydrogen) atoms. The zero-order chi connectivity index (χ0) is 19.7. The molecule has 0 N–H and O–H groups in total. The molecule has 0 aromatic rings. The molecule has 0 radical (unpaired) electrons. The maximum atomic E-state index is 13.2. The predicted molar refractivity (Wildman–Crippen MR) is 94.4 cm³/mol. The quantitative estimate of drug-likeness (QED) is 0.500. The molecule has 2 unspecified atom stereocenters. The van der Waals surface area contributed by atoms with Crippen molar-refractivity contribution in [1.82, 2.24) is 10.0 Å². The van der Waals surface area contributed by atoms with E-state index < -0.39 is 23.3 Å². The second kappa shape index (κ2) is 5.35. The first-order chi connectivity index (χ1) is 11.0. The zero-order valence-electron chi connectivity index (χ0n) is 17.7. The van der Waals surface area contributed by atoms with Gasteiger partial charge < -0.3 is 9.94 Å². The number of hydrogen-bond acceptors (Lipinski definition) is 4. The van der Waals surface area contributed by atoms with E-state index in [9.17, 15) is 10.0 Å². The fraction of sp³-hybridized carbons (Fsp3) is 0.889. The van der Waals surface area contributed by atoms with Gasteiger partial charge in [-0.3, -0.25) is 0 Å². The van der Waals surface area contributed by atoms with Gasteiger partial charge in [0.15, 0.2) is 5.71 Å². The standard InChI is InChI=1S/C18H33N3O3/c1-11-13(16(3,4)5)21(23)12(2)19(10)20-14(11)18(9,17(6,7)8)24-15(20)22/h11-12,14H,1-10H3/t11-,12?,14?,18-/m0/s1/i12D. The molecular weight excluding hydrogens is 306 g/mol. The summed E-state index contributed by atoms with van der Waals surface area (Å²) in [5.74, 6) is -0.261. The fourth-order valence-corrected chi connectivity index (χ4v) is 4.01. The minimum absolute atomic E-state index is 0.261. The third kappa shape index (κ3) is 2.50. The first-order valence-corrected chi connectivity index (χ1v) is 8.58. The molecular formula is C18H33N3O3. The summed E-state index contributed by atoms with van der Waals surface area (Å²) in [6.07, 6.45) is -2.15. The number of hydrazine groups is 1. The van der Waals surface area contributed by atoms with Crippen molar-refractivity contribution >= 4 is 11.8 Å². The summed E-state index contributed by atoms with van der Waals surface area (Å²) in [5, 5.41) is 16.1. The number of cyclic esters (lactones) is 1. The van der Waals surface area contributed by atoms with Crippen LogP contribution >= 0.6 is 0 Å². The molecule has 1 amide bonds. The highest BCUT2D eigenvalue weighted by atomic mass is 16.6. The van der Waals surface area contributed by atoms with Gasteiger partial charge in [-0.2, -0.15) is 9.75 Å². The van der Waals surface area contributed by atoms with Crippen LogP contribution in [-0.4, -0.2) is 51.4 Å². The Hall–Kier alpha value is -1.30. The Labute approximate surface area is 147 Å². The van der Waals surface area contributed by atoms with Crippen molar-refractivity contribution in [3.63, 3.8) is 0 Å². The molecule has 0 aliphatic carbocycles. The van der Waals surface area contributed by atoms with E-state index in [0.29, 0.717) is 5.71 Å². The molecule has 0 bridgehead atoms. The molecule has 2 aliphatic rings. The second-order valence-corrected chi connectivity index (χ2v) is 9.30. The minimum Gasteiger partial charge on any atom is -0.623 e. The van der Waals surface area contributed by atoms with Crippen molar-refractivity contribution in [3.8, 4) is 0 Å². The Morgan fingerprint density at radius 2 is 1.75 bits per heavy atom. The number of amides is 1. The molecule has 0 aromatic carbocycles. The van der Waals surface area contributed by atoms with Crippen LogP contribution in [0.1, 0.15) is 63.7 Å². The normalized spacial score (nSPS) is 39.5. The lowest BCUT2D eigenvalue weighted by Crippen LogP contribution is -2.59. The number of hydrogen-bond donors (Lipinski definition) is 0. The number of rotatable bonds is 0. The van der Waals surface area contributed by atoms with Gasteiger partial charge in [0, 0.05) is 24.8 Å². The Morgan fingerprint density at radius 1 is 1.25 bits per heavy atom. The summed E-state index contributed by atoms with van der Waals surface area (Å²) in [6.45, 7) is 17.4. The van der Waals surface area contributed by atoms with E-state index in [0.717, 1.165) is 4.74 Å². The van der Waals surface area contributed by atoms with Crippen molar-refractivity contribution in [1.29, 1.82) is 0 Å². The lowest BCUT2D eigenvalue weighted by Gasteiger charge is -2.44. The maximum absolute atomic E-state index is 13.2. The largest absolute Gasteiger partial charge is 0.623 e. The van der Waals surface area contributed by atoms with Crippen LogP contribution in [0, 0.1) is 22.0 Å². The average Bonchev–Trinajstić information content (AvgIpc) is 2.64. The van der Waals surface area contributed by atoms with E-state index in [-0.39, 0.29) is 17.4 Å². The predicted octanol–water partition coefficient (Wildman–Crippen LogP) is 3.45. The Morgan fingerprint density at radius 3 is 2.17 bits per heavy atom. The van der Waals surface area contributed by atoms with E-state index in [2.05, 4.69) is 0 Å². The molecule has 6 nitrogen and oxygen atoms in total. The van der Waals surface area contributed by atoms with E-state index in [1.54, 1.807) is 7.05 Å². The summed E-state index contributed by atoms with van der Waals surface area (Å²) in [5.41, 5.74) is -0.963. The van der Waals surface area contributed by atoms with Crippen LogP contribution in [0.25, 0.3) is 0 Å². The van der Waals surface area contributed by atoms with Crippen LogP contribution in [0.3, 0.4) is 0 Å². The maximum Gasteiger partial charge on any atom is 0.425 e. The molecule has 138 valence electrons. The van der Waals surface area contributed by atoms with Crippen LogP contribution in [0.2, 0.25) is 0 Å². The first kappa shape index (κ1) is 17.5. The van der Waals surface area contributed by atoms with Crippen LogP contribution in [-0.2, 0) is 4.74 Å². The minimum atomic E-state index is -1.65. The van der Waals surface area contributed by atoms with Gasteiger partial charge in [-0.1, -0.05) is 48.5 Å². The average molecular weight is 340 g/mol. The highest BCUT2D eigenvalue weighted by Gasteiger charge is 2.64. The van der Waals surface area contributed by atoms with Gasteiger partial charge in [0.05, 0.1) is 5.92 Å². The van der Waals surface area contributed by atoms with E-state index in [1.165, 1.54) is 16.9 Å². The van der Waals surface area contributed by atoms with E-state index in [1.807, 2.05) is 55.4 Å². The van der Waals surface area contributed by atoms with E-state index in [4.69, 9.17) is 6.11 Å². The van der Waals surface area contributed by atoms with Crippen molar-refractivity contribution in [2.75, 3.05) is 7.05 Å². The van der Waals surface area contributed by atoms with Crippen molar-refractivity contribution in [2.24, 2.45) is 16.7 Å². The molecule has 0 aromatic heterocycles. The number of fused-ring (bicyclic) bond motifs is 1. The molecule has 0 spiro atoms. The summed E-state index contributed by atoms with van der Waals surface area (Å²) in [7, 11) is 1.61. The van der Waals surface area contributed by atoms with Gasteiger partial charge in [-0.25, -0.2) is 9.80 Å². The van der Waals surface area contributed by atoms with Gasteiger partial charge in [-0.05, 0) is 6.92 Å². The third-order valence-electron chi connectivity index (χ3n) is 5.78. The van der Waals surface area contributed by atoms with Gasteiger partial charge in [0.2, 0.25) is 6.14 Å². The van der Waals surface area contributed by atoms with Gasteiger partial charge in [0.25, 0.3) is 0 Å². The van der Waals surface area contributed by atoms with Crippen LogP contribution < -0.4 is 0 Å². The molecule has 6 heteroatoms. The molecule has 2 heterocycles. The topological polar surface area (TPSA) is 58.8 Å². The molecule has 2 aliphatic heterocycles. The number of nitrogens with zero attached hydrogens (tertiary/aromatic N) is 3. The van der Waals surface area contributed by atoms with Crippen LogP contribution in [0.4, 0.5) is 4.79 Å². The third-order valence-corrected chi connectivity index (χ3v) is 5.78. The number of ether oxygens (including phenoxy) is 1. The van der Waals surface area contributed by atoms with Crippen molar-refractivity contribution in [3.05, 3.63) is 5.21 Å². The lowest BCUT2D eigenvalue weighted by molar-refractivity contribution is -0.536. The monoisotopic (exact) mass is 340 g/mol. The van der Waals surface area contributed by atoms with Gasteiger partial charge in [-0.15, -0.1) is 0 Å². The second-order valence-electron chi connectivity index (χ2n) is 9.30. The van der Waals surface area contributed by atoms with Gasteiger partial charge >= 0.3 is 6.09 Å². The highest BCUT2D eigenvalue weighted by molar-refractivity contribution is 5.89. The lowest BCUT2D eigenvalue weighted by atomic mass is 9.67. The summed E-state index contributed by atoms with van der Waals surface area (Å²) in [4.78, 5) is 12.8. The first-order valence-electron chi connectivity index (χ1n) is 9.08. The zero-order valence-corrected chi connectivity index (χ0v) is 16.7. The van der Waals surface area contributed by atoms with Crippen LogP contribution in [0.15, 0.2) is 0 Å². The number of hydroxylamine groups is 1. The van der Waals surface area contributed by atoms with Crippen molar-refractivity contribution in [2.45, 2.75) is 80.1 Å². The molecule has 2 rings (SSSR count). The summed E-state index contributed by atoms with van der Waals surface area (Å²) < 4.78 is 15.3. The van der Waals surface area contributed by atoms with E-state index >= 15 is 0 Å². The molecule has 0 saturated carbocycles. The Bertz CT molecular complexity index is 618. The molecule has 1 fully saturated rings. The molecule has 1 saturated heterocycles. The smallest absolute Gasteiger partial charge is 0.425 e. The van der Waals surface area contributed by atoms with Gasteiger partial charge in [0.1, 0.15) is 13.0 Å². The molecule has 4 atom stereocenters. The Kier molecular flexibility index (Phi) is 3.90. The summed E-state index contributed by atoms with van der Waals surface area (Å²) >= 11 is 0. The summed E-state index contributed by atoms with van der Waals surface area (Å²) in [6, 6.07) is -0.372. The van der Waals surface area contributed by atoms with Crippen LogP contribution in [0.5, 0.6) is 0 Å². The van der Waals surface area contributed by atoms with Crippen molar-refractivity contribution < 1.29 is 15.6 Å². The highest BCUT2D eigenvalue weighted by Crippen LogP contribution is 2.48. The SMILES string of the molecule is [2H]C1(C)N(C)N2C(=O)O[C@](C)(C(C)(C)C)C2[C@@H](C)C(C(C)(C)C)=[N+]1[O-]. The fourth-order valence-electron chi connectivity index (χ4n) is 4.01. The Balaban J connectivity index is 2.80.